The Morgan fingerprint density at radius 2 is 2.05 bits per heavy atom. The molecular formula is C15H11ClFNS2. The number of hydrogen-bond acceptors (Lipinski definition) is 3. The van der Waals surface area contributed by atoms with Gasteiger partial charge < -0.3 is 5.32 Å². The van der Waals surface area contributed by atoms with Gasteiger partial charge in [0.15, 0.2) is 0 Å². The number of thiophene rings is 2. The largest absolute Gasteiger partial charge is 0.378 e. The van der Waals surface area contributed by atoms with E-state index in [-0.39, 0.29) is 5.82 Å². The van der Waals surface area contributed by atoms with Crippen molar-refractivity contribution in [2.75, 3.05) is 5.32 Å². The molecule has 0 spiro atoms. The van der Waals surface area contributed by atoms with Crippen molar-refractivity contribution < 1.29 is 4.39 Å². The van der Waals surface area contributed by atoms with Gasteiger partial charge in [-0.15, -0.1) is 22.7 Å². The molecule has 0 radical (unpaired) electrons. The van der Waals surface area contributed by atoms with E-state index in [0.29, 0.717) is 17.3 Å². The van der Waals surface area contributed by atoms with Gasteiger partial charge in [0.2, 0.25) is 0 Å². The Kier molecular flexibility index (Phi) is 4.05. The minimum Gasteiger partial charge on any atom is -0.378 e. The Bertz CT molecular complexity index is 706. The summed E-state index contributed by atoms with van der Waals surface area (Å²) in [5.41, 5.74) is 1.65. The smallest absolute Gasteiger partial charge is 0.146 e. The fraction of sp³-hybridized carbons (Fsp3) is 0.0667. The first-order valence-corrected chi connectivity index (χ1v) is 8.16. The van der Waals surface area contributed by atoms with E-state index in [1.54, 1.807) is 34.8 Å². The summed E-state index contributed by atoms with van der Waals surface area (Å²) in [5.74, 6) is -0.288. The lowest BCUT2D eigenvalue weighted by atomic mass is 10.2. The molecule has 102 valence electrons. The molecule has 0 aliphatic carbocycles. The van der Waals surface area contributed by atoms with Gasteiger partial charge in [0, 0.05) is 26.9 Å². The molecule has 0 unspecified atom stereocenters. The first-order chi connectivity index (χ1) is 9.72. The fourth-order valence-electron chi connectivity index (χ4n) is 1.86. The molecule has 5 heteroatoms. The minimum atomic E-state index is -0.288. The van der Waals surface area contributed by atoms with Crippen LogP contribution in [0, 0.1) is 5.82 Å². The monoisotopic (exact) mass is 323 g/mol. The van der Waals surface area contributed by atoms with Crippen LogP contribution in [0.5, 0.6) is 0 Å². The summed E-state index contributed by atoms with van der Waals surface area (Å²) in [6, 6.07) is 10.8. The van der Waals surface area contributed by atoms with Crippen molar-refractivity contribution >= 4 is 40.0 Å². The highest BCUT2D eigenvalue weighted by molar-refractivity contribution is 7.14. The second-order valence-corrected chi connectivity index (χ2v) is 6.64. The Morgan fingerprint density at radius 3 is 2.85 bits per heavy atom. The lowest BCUT2D eigenvalue weighted by Crippen LogP contribution is -1.99. The zero-order chi connectivity index (χ0) is 13.9. The van der Waals surface area contributed by atoms with Crippen molar-refractivity contribution in [3.8, 4) is 10.4 Å². The molecule has 2 heterocycles. The highest BCUT2D eigenvalue weighted by Gasteiger charge is 2.06. The average molecular weight is 324 g/mol. The predicted octanol–water partition coefficient (Wildman–Crippen LogP) is 5.88. The summed E-state index contributed by atoms with van der Waals surface area (Å²) in [6.45, 7) is 0.591. The second kappa shape index (κ2) is 5.95. The average Bonchev–Trinajstić information content (AvgIpc) is 3.09. The van der Waals surface area contributed by atoms with Crippen LogP contribution in [-0.4, -0.2) is 0 Å². The van der Waals surface area contributed by atoms with Crippen LogP contribution in [0.2, 0.25) is 5.02 Å². The van der Waals surface area contributed by atoms with Crippen LogP contribution >= 0.6 is 34.3 Å². The third-order valence-electron chi connectivity index (χ3n) is 2.84. The number of nitrogens with one attached hydrogen (secondary N) is 1. The van der Waals surface area contributed by atoms with Gasteiger partial charge in [0.05, 0.1) is 5.69 Å². The molecule has 3 rings (SSSR count). The summed E-state index contributed by atoms with van der Waals surface area (Å²) in [7, 11) is 0. The molecule has 2 aromatic heterocycles. The van der Waals surface area contributed by atoms with E-state index in [0.717, 1.165) is 4.88 Å². The molecule has 0 amide bonds. The number of benzene rings is 1. The summed E-state index contributed by atoms with van der Waals surface area (Å²) < 4.78 is 13.6. The summed E-state index contributed by atoms with van der Waals surface area (Å²) in [5, 5.41) is 7.79. The molecule has 0 aliphatic rings. The molecular weight excluding hydrogens is 313 g/mol. The standard InChI is InChI=1S/C15H11ClFNS2/c16-11-3-4-13(17)14(7-11)18-8-12-6-10(9-20-12)15-2-1-5-19-15/h1-7,9,18H,8H2. The summed E-state index contributed by atoms with van der Waals surface area (Å²) >= 11 is 9.25. The Balaban J connectivity index is 1.71. The molecule has 0 saturated heterocycles. The predicted molar refractivity (Wildman–Crippen MR) is 86.4 cm³/mol. The van der Waals surface area contributed by atoms with Gasteiger partial charge in [0.1, 0.15) is 5.82 Å². The van der Waals surface area contributed by atoms with Gasteiger partial charge >= 0.3 is 0 Å². The van der Waals surface area contributed by atoms with Crippen LogP contribution in [0.25, 0.3) is 10.4 Å². The molecule has 0 saturated carbocycles. The van der Waals surface area contributed by atoms with Gasteiger partial charge in [-0.25, -0.2) is 4.39 Å². The summed E-state index contributed by atoms with van der Waals surface area (Å²) in [6.07, 6.45) is 0. The number of rotatable bonds is 4. The maximum absolute atomic E-state index is 13.6. The van der Waals surface area contributed by atoms with Crippen molar-refractivity contribution in [3.05, 3.63) is 62.9 Å². The van der Waals surface area contributed by atoms with Crippen LogP contribution in [-0.2, 0) is 6.54 Å². The highest BCUT2D eigenvalue weighted by Crippen LogP contribution is 2.30. The van der Waals surface area contributed by atoms with Crippen molar-refractivity contribution in [1.82, 2.24) is 0 Å². The first kappa shape index (κ1) is 13.6. The molecule has 20 heavy (non-hydrogen) atoms. The van der Waals surface area contributed by atoms with Gasteiger partial charge in [-0.1, -0.05) is 17.7 Å². The molecule has 3 aromatic rings. The zero-order valence-corrected chi connectivity index (χ0v) is 12.8. The van der Waals surface area contributed by atoms with E-state index in [4.69, 9.17) is 11.6 Å². The topological polar surface area (TPSA) is 12.0 Å². The van der Waals surface area contributed by atoms with E-state index in [9.17, 15) is 4.39 Å². The van der Waals surface area contributed by atoms with E-state index in [1.807, 2.05) is 6.07 Å². The van der Waals surface area contributed by atoms with E-state index >= 15 is 0 Å². The maximum atomic E-state index is 13.6. The molecule has 0 atom stereocenters. The van der Waals surface area contributed by atoms with E-state index < -0.39 is 0 Å². The number of anilines is 1. The van der Waals surface area contributed by atoms with Gasteiger partial charge in [-0.2, -0.15) is 0 Å². The van der Waals surface area contributed by atoms with Gasteiger partial charge in [0.25, 0.3) is 0 Å². The third kappa shape index (κ3) is 3.03. The van der Waals surface area contributed by atoms with Crippen molar-refractivity contribution in [1.29, 1.82) is 0 Å². The van der Waals surface area contributed by atoms with Gasteiger partial charge in [-0.3, -0.25) is 0 Å². The first-order valence-electron chi connectivity index (χ1n) is 6.02. The van der Waals surface area contributed by atoms with Crippen molar-refractivity contribution in [2.24, 2.45) is 0 Å². The van der Waals surface area contributed by atoms with Crippen LogP contribution in [0.3, 0.4) is 0 Å². The lowest BCUT2D eigenvalue weighted by Gasteiger charge is -2.06. The number of hydrogen-bond donors (Lipinski definition) is 1. The maximum Gasteiger partial charge on any atom is 0.146 e. The quantitative estimate of drug-likeness (QED) is 0.632. The van der Waals surface area contributed by atoms with Crippen LogP contribution in [0.15, 0.2) is 47.2 Å². The zero-order valence-electron chi connectivity index (χ0n) is 10.4. The summed E-state index contributed by atoms with van der Waals surface area (Å²) in [4.78, 5) is 2.41. The minimum absolute atomic E-state index is 0.288. The highest BCUT2D eigenvalue weighted by atomic mass is 35.5. The Labute approximate surface area is 129 Å². The van der Waals surface area contributed by atoms with Crippen LogP contribution in [0.1, 0.15) is 4.88 Å². The van der Waals surface area contributed by atoms with Crippen molar-refractivity contribution in [2.45, 2.75) is 6.54 Å². The molecule has 0 bridgehead atoms. The SMILES string of the molecule is Fc1ccc(Cl)cc1NCc1cc(-c2cccs2)cs1. The Morgan fingerprint density at radius 1 is 1.15 bits per heavy atom. The normalized spacial score (nSPS) is 10.7. The lowest BCUT2D eigenvalue weighted by molar-refractivity contribution is 0.630. The van der Waals surface area contributed by atoms with Gasteiger partial charge in [-0.05, 0) is 41.1 Å². The van der Waals surface area contributed by atoms with Crippen LogP contribution in [0.4, 0.5) is 10.1 Å². The van der Waals surface area contributed by atoms with E-state index in [2.05, 4.69) is 28.2 Å². The molecule has 1 aromatic carbocycles. The fourth-order valence-corrected chi connectivity index (χ4v) is 3.65. The van der Waals surface area contributed by atoms with E-state index in [1.165, 1.54) is 16.5 Å². The molecule has 1 N–H and O–H groups in total. The molecule has 0 fully saturated rings. The Hall–Kier alpha value is -1.36. The molecule has 1 nitrogen and oxygen atoms in total. The second-order valence-electron chi connectivity index (χ2n) is 4.26. The number of halogens is 2. The van der Waals surface area contributed by atoms with Crippen molar-refractivity contribution in [3.63, 3.8) is 0 Å². The molecule has 0 aliphatic heterocycles. The third-order valence-corrected chi connectivity index (χ3v) is 4.93. The van der Waals surface area contributed by atoms with Crippen LogP contribution < -0.4 is 5.32 Å².